The second-order valence-electron chi connectivity index (χ2n) is 8.95. The molecular weight excluding hydrogens is 430 g/mol. The van der Waals surface area contributed by atoms with Crippen molar-refractivity contribution in [1.82, 2.24) is 24.1 Å². The number of aryl methyl sites for hydroxylation is 2. The molecule has 0 aliphatic heterocycles. The zero-order valence-corrected chi connectivity index (χ0v) is 19.6. The zero-order valence-electron chi connectivity index (χ0n) is 19.6. The van der Waals surface area contributed by atoms with E-state index in [2.05, 4.69) is 114 Å². The molecule has 0 N–H and O–H groups in total. The van der Waals surface area contributed by atoms with Crippen LogP contribution in [-0.2, 0) is 6.42 Å². The Hall–Kier alpha value is -4.51. The Kier molecular flexibility index (Phi) is 4.27. The van der Waals surface area contributed by atoms with Crippen LogP contribution in [0.2, 0.25) is 0 Å². The van der Waals surface area contributed by atoms with Gasteiger partial charge in [-0.15, -0.1) is 0 Å². The van der Waals surface area contributed by atoms with E-state index >= 15 is 0 Å². The van der Waals surface area contributed by atoms with Gasteiger partial charge in [-0.1, -0.05) is 73.7 Å². The Labute approximate surface area is 202 Å². The second-order valence-corrected chi connectivity index (χ2v) is 8.95. The summed E-state index contributed by atoms with van der Waals surface area (Å²) in [6, 6.07) is 31.9. The molecule has 7 rings (SSSR count). The molecule has 0 saturated carbocycles. The van der Waals surface area contributed by atoms with Crippen molar-refractivity contribution in [3.63, 3.8) is 0 Å². The first-order valence-corrected chi connectivity index (χ1v) is 12.0. The summed E-state index contributed by atoms with van der Waals surface area (Å²) in [7, 11) is 0. The van der Waals surface area contributed by atoms with Crippen LogP contribution in [0.25, 0.3) is 55.5 Å². The third-order valence-electron chi connectivity index (χ3n) is 6.78. The lowest BCUT2D eigenvalue weighted by Gasteiger charge is -2.12. The monoisotopic (exact) mass is 453 g/mol. The summed E-state index contributed by atoms with van der Waals surface area (Å²) in [6.07, 6.45) is 0.718. The van der Waals surface area contributed by atoms with Crippen LogP contribution in [0.3, 0.4) is 0 Å². The summed E-state index contributed by atoms with van der Waals surface area (Å²) in [4.78, 5) is 14.9. The number of aromatic nitrogens is 5. The van der Waals surface area contributed by atoms with Gasteiger partial charge >= 0.3 is 0 Å². The lowest BCUT2D eigenvalue weighted by molar-refractivity contribution is 0.820. The zero-order chi connectivity index (χ0) is 23.5. The van der Waals surface area contributed by atoms with Crippen molar-refractivity contribution in [2.45, 2.75) is 20.3 Å². The standard InChI is InChI=1S/C30H23N5/c1-3-28-31-29(34-24-13-7-4-10-20(24)21-11-5-8-14-25(21)34)33-30(32-28)35-26-15-9-6-12-22(26)23-17-16-19(2)18-27(23)35/h4-18H,3H2,1-2H3. The first-order chi connectivity index (χ1) is 17.2. The molecule has 0 unspecified atom stereocenters. The Morgan fingerprint density at radius 1 is 0.543 bits per heavy atom. The fourth-order valence-electron chi connectivity index (χ4n) is 5.19. The maximum Gasteiger partial charge on any atom is 0.239 e. The number of para-hydroxylation sites is 3. The molecule has 7 aromatic rings. The number of benzene rings is 4. The maximum atomic E-state index is 5.10. The summed E-state index contributed by atoms with van der Waals surface area (Å²) in [6.45, 7) is 4.21. The molecule has 0 fully saturated rings. The molecule has 0 spiro atoms. The molecule has 0 saturated heterocycles. The lowest BCUT2D eigenvalue weighted by Crippen LogP contribution is -2.11. The number of hydrogen-bond acceptors (Lipinski definition) is 3. The maximum absolute atomic E-state index is 5.10. The molecule has 168 valence electrons. The molecule has 0 atom stereocenters. The predicted molar refractivity (Wildman–Crippen MR) is 143 cm³/mol. The van der Waals surface area contributed by atoms with E-state index in [4.69, 9.17) is 15.0 Å². The summed E-state index contributed by atoms with van der Waals surface area (Å²) >= 11 is 0. The quantitative estimate of drug-likeness (QED) is 0.291. The van der Waals surface area contributed by atoms with E-state index in [1.807, 2.05) is 0 Å². The van der Waals surface area contributed by atoms with Crippen LogP contribution in [-0.4, -0.2) is 24.1 Å². The molecule has 0 bridgehead atoms. The van der Waals surface area contributed by atoms with Crippen molar-refractivity contribution in [3.05, 3.63) is 102 Å². The highest BCUT2D eigenvalue weighted by Crippen LogP contribution is 2.33. The molecule has 3 heterocycles. The number of hydrogen-bond donors (Lipinski definition) is 0. The minimum absolute atomic E-state index is 0.642. The van der Waals surface area contributed by atoms with Crippen LogP contribution < -0.4 is 0 Å². The van der Waals surface area contributed by atoms with E-state index in [0.717, 1.165) is 34.3 Å². The van der Waals surface area contributed by atoms with E-state index < -0.39 is 0 Å². The van der Waals surface area contributed by atoms with Gasteiger partial charge in [0.15, 0.2) is 0 Å². The normalized spacial score (nSPS) is 11.8. The van der Waals surface area contributed by atoms with Crippen molar-refractivity contribution in [2.24, 2.45) is 0 Å². The molecule has 3 aromatic heterocycles. The largest absolute Gasteiger partial charge is 0.278 e. The average Bonchev–Trinajstić information content (AvgIpc) is 3.41. The highest BCUT2D eigenvalue weighted by Gasteiger charge is 2.19. The van der Waals surface area contributed by atoms with Gasteiger partial charge in [0.05, 0.1) is 22.1 Å². The van der Waals surface area contributed by atoms with Crippen LogP contribution in [0.1, 0.15) is 18.3 Å². The van der Waals surface area contributed by atoms with Gasteiger partial charge < -0.3 is 0 Å². The molecule has 0 amide bonds. The van der Waals surface area contributed by atoms with Gasteiger partial charge in [-0.05, 0) is 36.8 Å². The number of nitrogens with zero attached hydrogens (tertiary/aromatic N) is 5. The first kappa shape index (κ1) is 19.9. The number of rotatable bonds is 3. The van der Waals surface area contributed by atoms with Crippen molar-refractivity contribution >= 4 is 43.6 Å². The third kappa shape index (κ3) is 2.91. The van der Waals surface area contributed by atoms with E-state index in [1.54, 1.807) is 0 Å². The van der Waals surface area contributed by atoms with Crippen molar-refractivity contribution in [1.29, 1.82) is 0 Å². The van der Waals surface area contributed by atoms with Gasteiger partial charge in [-0.2, -0.15) is 15.0 Å². The van der Waals surface area contributed by atoms with E-state index in [1.165, 1.54) is 27.1 Å². The molecule has 0 aliphatic carbocycles. The SMILES string of the molecule is CCc1nc(-n2c3ccccc3c3ccccc32)nc(-n2c3ccccc3c3ccc(C)cc32)n1. The van der Waals surface area contributed by atoms with Gasteiger partial charge in [0.25, 0.3) is 0 Å². The van der Waals surface area contributed by atoms with Gasteiger partial charge in [0, 0.05) is 28.0 Å². The van der Waals surface area contributed by atoms with E-state index in [9.17, 15) is 0 Å². The minimum Gasteiger partial charge on any atom is -0.278 e. The fourth-order valence-corrected chi connectivity index (χ4v) is 5.19. The minimum atomic E-state index is 0.642. The first-order valence-electron chi connectivity index (χ1n) is 12.0. The van der Waals surface area contributed by atoms with Crippen LogP contribution in [0.5, 0.6) is 0 Å². The highest BCUT2D eigenvalue weighted by atomic mass is 15.3. The van der Waals surface area contributed by atoms with Crippen LogP contribution in [0.15, 0.2) is 91.0 Å². The summed E-state index contributed by atoms with van der Waals surface area (Å²) < 4.78 is 4.34. The lowest BCUT2D eigenvalue weighted by atomic mass is 10.1. The van der Waals surface area contributed by atoms with Gasteiger partial charge in [-0.3, -0.25) is 9.13 Å². The van der Waals surface area contributed by atoms with E-state index in [0.29, 0.717) is 11.9 Å². The summed E-state index contributed by atoms with van der Waals surface area (Å²) in [5, 5.41) is 4.77. The van der Waals surface area contributed by atoms with Crippen LogP contribution in [0.4, 0.5) is 0 Å². The van der Waals surface area contributed by atoms with Gasteiger partial charge in [0.1, 0.15) is 5.82 Å². The Morgan fingerprint density at radius 2 is 1.00 bits per heavy atom. The molecular formula is C30H23N5. The highest BCUT2D eigenvalue weighted by molar-refractivity contribution is 6.10. The Bertz CT molecular complexity index is 1850. The smallest absolute Gasteiger partial charge is 0.239 e. The van der Waals surface area contributed by atoms with E-state index in [-0.39, 0.29) is 0 Å². The van der Waals surface area contributed by atoms with Gasteiger partial charge in [-0.25, -0.2) is 0 Å². The van der Waals surface area contributed by atoms with Crippen LogP contribution in [0, 0.1) is 6.92 Å². The third-order valence-corrected chi connectivity index (χ3v) is 6.78. The molecule has 5 nitrogen and oxygen atoms in total. The average molecular weight is 454 g/mol. The molecule has 4 aromatic carbocycles. The van der Waals surface area contributed by atoms with Crippen molar-refractivity contribution in [3.8, 4) is 11.9 Å². The molecule has 35 heavy (non-hydrogen) atoms. The van der Waals surface area contributed by atoms with Crippen molar-refractivity contribution < 1.29 is 0 Å². The second kappa shape index (κ2) is 7.50. The predicted octanol–water partition coefficient (Wildman–Crippen LogP) is 6.94. The topological polar surface area (TPSA) is 48.5 Å². The Morgan fingerprint density at radius 3 is 1.51 bits per heavy atom. The van der Waals surface area contributed by atoms with Crippen LogP contribution >= 0.6 is 0 Å². The summed E-state index contributed by atoms with van der Waals surface area (Å²) in [5.41, 5.74) is 5.58. The Balaban J connectivity index is 1.59. The molecule has 0 radical (unpaired) electrons. The molecule has 0 aliphatic rings. The van der Waals surface area contributed by atoms with Crippen molar-refractivity contribution in [2.75, 3.05) is 0 Å². The molecule has 5 heteroatoms. The van der Waals surface area contributed by atoms with Gasteiger partial charge in [0.2, 0.25) is 11.9 Å². The number of fused-ring (bicyclic) bond motifs is 6. The fraction of sp³-hybridized carbons (Fsp3) is 0.100. The summed E-state index contributed by atoms with van der Waals surface area (Å²) in [5.74, 6) is 2.05.